The number of fused-ring (bicyclic) bond motifs is 1. The molecule has 3 N–H and O–H groups in total. The second kappa shape index (κ2) is 5.38. The normalized spacial score (nSPS) is 11.0. The predicted octanol–water partition coefficient (Wildman–Crippen LogP) is 2.48. The van der Waals surface area contributed by atoms with Crippen LogP contribution in [0.1, 0.15) is 6.42 Å². The molecule has 1 aromatic carbocycles. The van der Waals surface area contributed by atoms with E-state index in [-0.39, 0.29) is 6.61 Å². The van der Waals surface area contributed by atoms with Crippen LogP contribution in [0.3, 0.4) is 0 Å². The highest BCUT2D eigenvalue weighted by Gasteiger charge is 2.05. The van der Waals surface area contributed by atoms with Crippen molar-refractivity contribution in [2.24, 2.45) is 0 Å². The molecule has 0 spiro atoms. The molecule has 0 aliphatic rings. The molecule has 98 valence electrons. The highest BCUT2D eigenvalue weighted by atomic mass is 32.1. The Morgan fingerprint density at radius 2 is 2.32 bits per heavy atom. The van der Waals surface area contributed by atoms with E-state index in [1.54, 1.807) is 17.5 Å². The van der Waals surface area contributed by atoms with Crippen molar-refractivity contribution in [2.75, 3.05) is 18.5 Å². The second-order valence-corrected chi connectivity index (χ2v) is 5.05. The third-order valence-electron chi connectivity index (χ3n) is 2.79. The number of aliphatic hydroxyl groups is 1. The zero-order valence-electron chi connectivity index (χ0n) is 10.3. The van der Waals surface area contributed by atoms with Gasteiger partial charge < -0.3 is 15.4 Å². The molecule has 0 unspecified atom stereocenters. The van der Waals surface area contributed by atoms with Gasteiger partial charge in [0, 0.05) is 30.3 Å². The summed E-state index contributed by atoms with van der Waals surface area (Å²) >= 11 is 1.62. The molecule has 0 atom stereocenters. The SMILES string of the molecule is OCCCNc1nc2ccc(-c3nccs3)cc2[nH]1. The fourth-order valence-electron chi connectivity index (χ4n) is 1.88. The summed E-state index contributed by atoms with van der Waals surface area (Å²) in [5.41, 5.74) is 3.00. The van der Waals surface area contributed by atoms with Crippen molar-refractivity contribution in [3.05, 3.63) is 29.8 Å². The second-order valence-electron chi connectivity index (χ2n) is 4.16. The quantitative estimate of drug-likeness (QED) is 0.625. The third kappa shape index (κ3) is 2.59. The van der Waals surface area contributed by atoms with E-state index in [0.29, 0.717) is 13.0 Å². The summed E-state index contributed by atoms with van der Waals surface area (Å²) in [6.45, 7) is 0.886. The average molecular weight is 274 g/mol. The summed E-state index contributed by atoms with van der Waals surface area (Å²) in [4.78, 5) is 12.0. The van der Waals surface area contributed by atoms with E-state index in [4.69, 9.17) is 5.11 Å². The molecule has 0 aliphatic heterocycles. The van der Waals surface area contributed by atoms with E-state index in [0.717, 1.165) is 27.6 Å². The molecule has 3 rings (SSSR count). The lowest BCUT2D eigenvalue weighted by atomic mass is 10.2. The molecule has 6 heteroatoms. The van der Waals surface area contributed by atoms with Gasteiger partial charge in [-0.3, -0.25) is 0 Å². The van der Waals surface area contributed by atoms with Gasteiger partial charge in [0.25, 0.3) is 0 Å². The lowest BCUT2D eigenvalue weighted by Crippen LogP contribution is -2.04. The van der Waals surface area contributed by atoms with Gasteiger partial charge in [-0.25, -0.2) is 9.97 Å². The Morgan fingerprint density at radius 3 is 3.11 bits per heavy atom. The molecule has 0 saturated carbocycles. The number of imidazole rings is 1. The summed E-state index contributed by atoms with van der Waals surface area (Å²) in [6, 6.07) is 6.07. The molecular weight excluding hydrogens is 260 g/mol. The van der Waals surface area contributed by atoms with Gasteiger partial charge in [-0.15, -0.1) is 11.3 Å². The van der Waals surface area contributed by atoms with Crippen molar-refractivity contribution in [1.82, 2.24) is 15.0 Å². The molecule has 0 bridgehead atoms. The van der Waals surface area contributed by atoms with Gasteiger partial charge in [-0.2, -0.15) is 0 Å². The summed E-state index contributed by atoms with van der Waals surface area (Å²) in [5.74, 6) is 0.736. The molecule has 2 aromatic heterocycles. The first-order chi connectivity index (χ1) is 9.36. The lowest BCUT2D eigenvalue weighted by Gasteiger charge is -1.98. The Bertz CT molecular complexity index is 662. The zero-order valence-corrected chi connectivity index (χ0v) is 11.1. The van der Waals surface area contributed by atoms with Gasteiger partial charge in [0.1, 0.15) is 5.01 Å². The van der Waals surface area contributed by atoms with E-state index in [1.165, 1.54) is 0 Å². The van der Waals surface area contributed by atoms with Crippen molar-refractivity contribution >= 4 is 28.3 Å². The van der Waals surface area contributed by atoms with Crippen LogP contribution in [0, 0.1) is 0 Å². The van der Waals surface area contributed by atoms with Crippen LogP contribution in [-0.2, 0) is 0 Å². The number of hydrogen-bond donors (Lipinski definition) is 3. The lowest BCUT2D eigenvalue weighted by molar-refractivity contribution is 0.292. The fourth-order valence-corrected chi connectivity index (χ4v) is 2.51. The summed E-state index contributed by atoms with van der Waals surface area (Å²) in [6.07, 6.45) is 2.51. The number of aromatic nitrogens is 3. The Kier molecular flexibility index (Phi) is 3.43. The number of hydrogen-bond acceptors (Lipinski definition) is 5. The first-order valence-electron chi connectivity index (χ1n) is 6.11. The largest absolute Gasteiger partial charge is 0.396 e. The Morgan fingerprint density at radius 1 is 1.37 bits per heavy atom. The van der Waals surface area contributed by atoms with Crippen LogP contribution in [0.15, 0.2) is 29.8 Å². The number of H-pyrrole nitrogens is 1. The van der Waals surface area contributed by atoms with Gasteiger partial charge in [-0.1, -0.05) is 0 Å². The van der Waals surface area contributed by atoms with Crippen molar-refractivity contribution in [3.63, 3.8) is 0 Å². The van der Waals surface area contributed by atoms with E-state index in [2.05, 4.69) is 26.3 Å². The van der Waals surface area contributed by atoms with Gasteiger partial charge in [-0.05, 0) is 24.6 Å². The number of benzene rings is 1. The molecule has 0 saturated heterocycles. The molecule has 0 fully saturated rings. The fraction of sp³-hybridized carbons (Fsp3) is 0.231. The average Bonchev–Trinajstić information content (AvgIpc) is 3.07. The van der Waals surface area contributed by atoms with Crippen molar-refractivity contribution in [1.29, 1.82) is 0 Å². The number of rotatable bonds is 5. The monoisotopic (exact) mass is 274 g/mol. The maximum Gasteiger partial charge on any atom is 0.201 e. The van der Waals surface area contributed by atoms with Crippen LogP contribution >= 0.6 is 11.3 Å². The number of nitrogens with zero attached hydrogens (tertiary/aromatic N) is 2. The molecule has 19 heavy (non-hydrogen) atoms. The van der Waals surface area contributed by atoms with Crippen LogP contribution in [0.2, 0.25) is 0 Å². The summed E-state index contributed by atoms with van der Waals surface area (Å²) < 4.78 is 0. The smallest absolute Gasteiger partial charge is 0.201 e. The first-order valence-corrected chi connectivity index (χ1v) is 6.99. The Labute approximate surface area is 114 Å². The topological polar surface area (TPSA) is 73.8 Å². The van der Waals surface area contributed by atoms with Crippen LogP contribution in [0.4, 0.5) is 5.95 Å². The van der Waals surface area contributed by atoms with Gasteiger partial charge >= 0.3 is 0 Å². The van der Waals surface area contributed by atoms with Crippen molar-refractivity contribution < 1.29 is 5.11 Å². The standard InChI is InChI=1S/C13H14N4OS/c18-6-1-4-15-13-16-10-3-2-9(8-11(10)17-13)12-14-5-7-19-12/h2-3,5,7-8,18H,1,4,6H2,(H2,15,16,17). The summed E-state index contributed by atoms with van der Waals surface area (Å²) in [7, 11) is 0. The zero-order chi connectivity index (χ0) is 13.1. The molecular formula is C13H14N4OS. The van der Waals surface area contributed by atoms with E-state index in [1.807, 2.05) is 17.5 Å². The van der Waals surface area contributed by atoms with Gasteiger partial charge in [0.15, 0.2) is 0 Å². The number of anilines is 1. The third-order valence-corrected chi connectivity index (χ3v) is 3.61. The molecule has 5 nitrogen and oxygen atoms in total. The van der Waals surface area contributed by atoms with Crippen LogP contribution < -0.4 is 5.32 Å². The highest BCUT2D eigenvalue weighted by molar-refractivity contribution is 7.13. The molecule has 0 aliphatic carbocycles. The number of aromatic amines is 1. The minimum absolute atomic E-state index is 0.182. The van der Waals surface area contributed by atoms with Crippen LogP contribution in [-0.4, -0.2) is 33.2 Å². The van der Waals surface area contributed by atoms with Crippen LogP contribution in [0.5, 0.6) is 0 Å². The number of nitrogens with one attached hydrogen (secondary N) is 2. The van der Waals surface area contributed by atoms with Crippen molar-refractivity contribution in [3.8, 4) is 10.6 Å². The molecule has 2 heterocycles. The highest BCUT2D eigenvalue weighted by Crippen LogP contribution is 2.25. The maximum atomic E-state index is 8.75. The van der Waals surface area contributed by atoms with Gasteiger partial charge in [0.2, 0.25) is 5.95 Å². The Hall–Kier alpha value is -1.92. The predicted molar refractivity (Wildman–Crippen MR) is 77.4 cm³/mol. The number of thiazole rings is 1. The number of aliphatic hydroxyl groups excluding tert-OH is 1. The Balaban J connectivity index is 1.87. The maximum absolute atomic E-state index is 8.75. The van der Waals surface area contributed by atoms with E-state index >= 15 is 0 Å². The van der Waals surface area contributed by atoms with E-state index in [9.17, 15) is 0 Å². The van der Waals surface area contributed by atoms with Gasteiger partial charge in [0.05, 0.1) is 11.0 Å². The molecule has 0 amide bonds. The minimum Gasteiger partial charge on any atom is -0.396 e. The van der Waals surface area contributed by atoms with E-state index < -0.39 is 0 Å². The summed E-state index contributed by atoms with van der Waals surface area (Å²) in [5, 5.41) is 14.9. The first kappa shape index (κ1) is 12.1. The molecule has 3 aromatic rings. The van der Waals surface area contributed by atoms with Crippen molar-refractivity contribution in [2.45, 2.75) is 6.42 Å². The minimum atomic E-state index is 0.182. The van der Waals surface area contributed by atoms with Crippen LogP contribution in [0.25, 0.3) is 21.6 Å². The molecule has 0 radical (unpaired) electrons.